The average molecular weight is 246 g/mol. The molecule has 0 rings (SSSR count). The summed E-state index contributed by atoms with van der Waals surface area (Å²) < 4.78 is 0. The van der Waals surface area contributed by atoms with Gasteiger partial charge in [-0.05, 0) is 24.5 Å². The van der Waals surface area contributed by atoms with Crippen molar-refractivity contribution in [2.24, 2.45) is 0 Å². The Balaban J connectivity index is -0.000000389. The molecule has 0 bridgehead atoms. The van der Waals surface area contributed by atoms with E-state index in [1.807, 2.05) is 31.2 Å². The normalized spacial score (nSPS) is 9.11. The second-order valence-corrected chi connectivity index (χ2v) is 3.60. The fourth-order valence-corrected chi connectivity index (χ4v) is 0.752. The first-order chi connectivity index (χ1) is 8.53. The highest BCUT2D eigenvalue weighted by atomic mass is 14.0. The summed E-state index contributed by atoms with van der Waals surface area (Å²) >= 11 is 0. The summed E-state index contributed by atoms with van der Waals surface area (Å²) in [5.74, 6) is 0. The van der Waals surface area contributed by atoms with Crippen LogP contribution in [0.3, 0.4) is 0 Å². The zero-order valence-electron chi connectivity index (χ0n) is 12.8. The molecule has 18 heavy (non-hydrogen) atoms. The molecule has 0 aromatic rings. The van der Waals surface area contributed by atoms with E-state index in [0.29, 0.717) is 0 Å². The molecule has 0 aliphatic heterocycles. The molecule has 0 radical (unpaired) electrons. The molecule has 0 aromatic carbocycles. The van der Waals surface area contributed by atoms with Crippen LogP contribution in [0.15, 0.2) is 73.9 Å². The highest BCUT2D eigenvalue weighted by Crippen LogP contribution is 2.10. The summed E-state index contributed by atoms with van der Waals surface area (Å²) in [5.41, 5.74) is 2.99. The fourth-order valence-electron chi connectivity index (χ4n) is 0.752. The molecule has 0 amide bonds. The molecule has 0 aromatic heterocycles. The van der Waals surface area contributed by atoms with E-state index in [4.69, 9.17) is 0 Å². The van der Waals surface area contributed by atoms with Crippen molar-refractivity contribution in [1.82, 2.24) is 0 Å². The van der Waals surface area contributed by atoms with Crippen molar-refractivity contribution in [1.29, 1.82) is 0 Å². The van der Waals surface area contributed by atoms with Crippen LogP contribution in [-0.4, -0.2) is 0 Å². The number of allylic oxidation sites excluding steroid dienone is 7. The first kappa shape index (κ1) is 21.7. The Bertz CT molecular complexity index is 287. The Morgan fingerprint density at radius 2 is 1.22 bits per heavy atom. The third kappa shape index (κ3) is 16.9. The minimum atomic E-state index is 0.938. The molecule has 0 aliphatic rings. The molecule has 0 saturated heterocycles. The molecule has 0 heterocycles. The Morgan fingerprint density at radius 3 is 1.56 bits per heavy atom. The van der Waals surface area contributed by atoms with Gasteiger partial charge in [0, 0.05) is 0 Å². The van der Waals surface area contributed by atoms with Crippen molar-refractivity contribution in [3.05, 3.63) is 73.9 Å². The van der Waals surface area contributed by atoms with Crippen molar-refractivity contribution in [3.8, 4) is 0 Å². The fraction of sp³-hybridized carbons (Fsp3) is 0.333. The van der Waals surface area contributed by atoms with Crippen LogP contribution in [0, 0.1) is 0 Å². The van der Waals surface area contributed by atoms with E-state index < -0.39 is 0 Å². The molecule has 0 nitrogen and oxygen atoms in total. The van der Waals surface area contributed by atoms with Gasteiger partial charge in [0.25, 0.3) is 0 Å². The zero-order chi connectivity index (χ0) is 15.0. The lowest BCUT2D eigenvalue weighted by Crippen LogP contribution is -1.78. The summed E-state index contributed by atoms with van der Waals surface area (Å²) in [7, 11) is 0. The van der Waals surface area contributed by atoms with E-state index in [1.165, 1.54) is 6.42 Å². The van der Waals surface area contributed by atoms with Gasteiger partial charge in [-0.1, -0.05) is 76.8 Å². The summed E-state index contributed by atoms with van der Waals surface area (Å²) in [6.45, 7) is 26.0. The lowest BCUT2D eigenvalue weighted by atomic mass is 10.1. The molecule has 0 spiro atoms. The molecule has 0 fully saturated rings. The van der Waals surface area contributed by atoms with Gasteiger partial charge in [-0.3, -0.25) is 0 Å². The predicted octanol–water partition coefficient (Wildman–Crippen LogP) is 6.42. The molecule has 0 saturated carbocycles. The minimum Gasteiger partial charge on any atom is -0.106 e. The van der Waals surface area contributed by atoms with Crippen LogP contribution in [-0.2, 0) is 0 Å². The van der Waals surface area contributed by atoms with Crippen molar-refractivity contribution in [2.75, 3.05) is 0 Å². The summed E-state index contributed by atoms with van der Waals surface area (Å²) in [5, 5.41) is 0. The molecule has 102 valence electrons. The standard InChI is InChI=1S/C13H18.C3H8.C2H4/c1-6-8-12(4)13(5)10-9-11(3)7-2;1-3-2;1-2/h6,8-10H,3-5,7H2,1-2H3;3H2,1-2H3;1-2H2/b8-6-,10-9-;;. The maximum Gasteiger partial charge on any atom is -0.0262 e. The van der Waals surface area contributed by atoms with Gasteiger partial charge in [0.05, 0.1) is 0 Å². The van der Waals surface area contributed by atoms with Crippen LogP contribution in [0.25, 0.3) is 0 Å². The highest BCUT2D eigenvalue weighted by molar-refractivity contribution is 5.43. The summed E-state index contributed by atoms with van der Waals surface area (Å²) in [6, 6.07) is 0. The Morgan fingerprint density at radius 1 is 0.833 bits per heavy atom. The molecule has 0 aliphatic carbocycles. The molecule has 0 unspecified atom stereocenters. The van der Waals surface area contributed by atoms with Gasteiger partial charge in [-0.2, -0.15) is 0 Å². The first-order valence-corrected chi connectivity index (χ1v) is 6.40. The summed E-state index contributed by atoms with van der Waals surface area (Å²) in [6.07, 6.45) is 10.1. The topological polar surface area (TPSA) is 0 Å². The SMILES string of the molecule is C=C.C=C(/C=C\C(=C)C(=C)/C=C\C)CC.CCC. The van der Waals surface area contributed by atoms with Crippen LogP contribution < -0.4 is 0 Å². The monoisotopic (exact) mass is 246 g/mol. The molecular weight excluding hydrogens is 216 g/mol. The molecule has 0 atom stereocenters. The molecular formula is C18H30. The van der Waals surface area contributed by atoms with Crippen LogP contribution in [0.1, 0.15) is 40.5 Å². The maximum atomic E-state index is 3.90. The van der Waals surface area contributed by atoms with Gasteiger partial charge in [0.15, 0.2) is 0 Å². The van der Waals surface area contributed by atoms with E-state index in [1.54, 1.807) is 0 Å². The van der Waals surface area contributed by atoms with Crippen LogP contribution >= 0.6 is 0 Å². The van der Waals surface area contributed by atoms with Crippen molar-refractivity contribution >= 4 is 0 Å². The summed E-state index contributed by atoms with van der Waals surface area (Å²) in [4.78, 5) is 0. The first-order valence-electron chi connectivity index (χ1n) is 6.40. The third-order valence-electron chi connectivity index (χ3n) is 1.75. The van der Waals surface area contributed by atoms with Gasteiger partial charge in [-0.25, -0.2) is 0 Å². The van der Waals surface area contributed by atoms with Crippen LogP contribution in [0.2, 0.25) is 0 Å². The highest BCUT2D eigenvalue weighted by Gasteiger charge is 1.90. The van der Waals surface area contributed by atoms with E-state index in [0.717, 1.165) is 23.1 Å². The van der Waals surface area contributed by atoms with E-state index in [-0.39, 0.29) is 0 Å². The van der Waals surface area contributed by atoms with Gasteiger partial charge in [0.2, 0.25) is 0 Å². The lowest BCUT2D eigenvalue weighted by molar-refractivity contribution is 1.09. The Hall–Kier alpha value is -1.56. The average Bonchev–Trinajstić information content (AvgIpc) is 2.39. The smallest absolute Gasteiger partial charge is 0.0262 e. The van der Waals surface area contributed by atoms with E-state index in [2.05, 4.69) is 53.7 Å². The number of hydrogen-bond donors (Lipinski definition) is 0. The van der Waals surface area contributed by atoms with E-state index >= 15 is 0 Å². The van der Waals surface area contributed by atoms with Crippen molar-refractivity contribution in [3.63, 3.8) is 0 Å². The Labute approximate surface area is 115 Å². The van der Waals surface area contributed by atoms with Gasteiger partial charge in [-0.15, -0.1) is 13.2 Å². The van der Waals surface area contributed by atoms with Crippen LogP contribution in [0.4, 0.5) is 0 Å². The third-order valence-corrected chi connectivity index (χ3v) is 1.75. The van der Waals surface area contributed by atoms with Gasteiger partial charge >= 0.3 is 0 Å². The predicted molar refractivity (Wildman–Crippen MR) is 88.9 cm³/mol. The molecule has 0 heteroatoms. The van der Waals surface area contributed by atoms with E-state index in [9.17, 15) is 0 Å². The molecule has 0 N–H and O–H groups in total. The van der Waals surface area contributed by atoms with Crippen LogP contribution in [0.5, 0.6) is 0 Å². The second-order valence-electron chi connectivity index (χ2n) is 3.60. The number of hydrogen-bond acceptors (Lipinski definition) is 0. The zero-order valence-corrected chi connectivity index (χ0v) is 12.8. The van der Waals surface area contributed by atoms with Crippen molar-refractivity contribution < 1.29 is 0 Å². The Kier molecular flexibility index (Phi) is 21.5. The lowest BCUT2D eigenvalue weighted by Gasteiger charge is -1.98. The maximum absolute atomic E-state index is 3.90. The van der Waals surface area contributed by atoms with Crippen molar-refractivity contribution in [2.45, 2.75) is 40.5 Å². The quantitative estimate of drug-likeness (QED) is 0.388. The van der Waals surface area contributed by atoms with Gasteiger partial charge in [0.1, 0.15) is 0 Å². The second kappa shape index (κ2) is 17.8. The van der Waals surface area contributed by atoms with Gasteiger partial charge < -0.3 is 0 Å². The number of rotatable bonds is 5. The minimum absolute atomic E-state index is 0.938. The largest absolute Gasteiger partial charge is 0.106 e.